The van der Waals surface area contributed by atoms with Gasteiger partial charge in [-0.25, -0.2) is 4.79 Å². The molecule has 6 heteroatoms. The molecule has 1 heterocycles. The summed E-state index contributed by atoms with van der Waals surface area (Å²) in [5.74, 6) is 0. The van der Waals surface area contributed by atoms with Crippen molar-refractivity contribution in [2.24, 2.45) is 5.73 Å². The second-order valence-corrected chi connectivity index (χ2v) is 4.37. The highest BCUT2D eigenvalue weighted by atomic mass is 35.5. The number of hydrogen-bond acceptors (Lipinski definition) is 4. The molecular weight excluding hydrogens is 242 g/mol. The molecule has 0 saturated heterocycles. The van der Waals surface area contributed by atoms with Crippen LogP contribution in [0, 0.1) is 0 Å². The molecule has 0 aliphatic heterocycles. The summed E-state index contributed by atoms with van der Waals surface area (Å²) in [6.45, 7) is 5.81. The molecule has 3 N–H and O–H groups in total. The zero-order chi connectivity index (χ0) is 12.2. The van der Waals surface area contributed by atoms with Crippen molar-refractivity contribution in [3.63, 3.8) is 0 Å². The first-order chi connectivity index (χ1) is 7.40. The summed E-state index contributed by atoms with van der Waals surface area (Å²) in [4.78, 5) is 15.4. The van der Waals surface area contributed by atoms with E-state index in [4.69, 9.17) is 10.5 Å². The lowest BCUT2D eigenvalue weighted by Gasteiger charge is -2.19. The van der Waals surface area contributed by atoms with Crippen molar-refractivity contribution in [1.29, 1.82) is 0 Å². The number of aromatic nitrogens is 1. The zero-order valence-electron chi connectivity index (χ0n) is 10.2. The predicted octanol–water partition coefficient (Wildman–Crippen LogP) is 2.31. The number of carbonyl (C=O) groups excluding carboxylic acids is 1. The maximum absolute atomic E-state index is 11.4. The lowest BCUT2D eigenvalue weighted by molar-refractivity contribution is 0.0636. The molecule has 1 aromatic rings. The van der Waals surface area contributed by atoms with E-state index in [1.807, 2.05) is 20.8 Å². The van der Waals surface area contributed by atoms with Crippen LogP contribution >= 0.6 is 12.4 Å². The van der Waals surface area contributed by atoms with Crippen molar-refractivity contribution in [2.45, 2.75) is 32.9 Å². The van der Waals surface area contributed by atoms with Gasteiger partial charge in [0.05, 0.1) is 17.6 Å². The number of ether oxygens (including phenoxy) is 1. The van der Waals surface area contributed by atoms with Crippen LogP contribution in [0.4, 0.5) is 10.5 Å². The fourth-order valence-corrected chi connectivity index (χ4v) is 1.04. The van der Waals surface area contributed by atoms with E-state index in [0.717, 1.165) is 5.69 Å². The van der Waals surface area contributed by atoms with Crippen molar-refractivity contribution in [3.05, 3.63) is 24.0 Å². The molecule has 0 fully saturated rings. The van der Waals surface area contributed by atoms with Gasteiger partial charge in [-0.05, 0) is 32.9 Å². The lowest BCUT2D eigenvalue weighted by Crippen LogP contribution is -2.27. The van der Waals surface area contributed by atoms with Crippen molar-refractivity contribution in [1.82, 2.24) is 4.98 Å². The van der Waals surface area contributed by atoms with Crippen molar-refractivity contribution in [3.8, 4) is 0 Å². The van der Waals surface area contributed by atoms with Gasteiger partial charge in [0, 0.05) is 6.54 Å². The van der Waals surface area contributed by atoms with Crippen LogP contribution in [0.1, 0.15) is 26.5 Å². The topological polar surface area (TPSA) is 77.2 Å². The summed E-state index contributed by atoms with van der Waals surface area (Å²) in [6.07, 6.45) is 1.06. The molecule has 1 aromatic heterocycles. The molecule has 0 aliphatic carbocycles. The average Bonchev–Trinajstić information content (AvgIpc) is 2.16. The summed E-state index contributed by atoms with van der Waals surface area (Å²) >= 11 is 0. The van der Waals surface area contributed by atoms with Crippen LogP contribution in [-0.4, -0.2) is 16.7 Å². The van der Waals surface area contributed by atoms with E-state index in [9.17, 15) is 4.79 Å². The van der Waals surface area contributed by atoms with Crippen molar-refractivity contribution >= 4 is 24.2 Å². The van der Waals surface area contributed by atoms with Crippen LogP contribution in [0.15, 0.2) is 18.3 Å². The third-order valence-corrected chi connectivity index (χ3v) is 1.68. The first kappa shape index (κ1) is 15.7. The van der Waals surface area contributed by atoms with Crippen LogP contribution in [0.3, 0.4) is 0 Å². The van der Waals surface area contributed by atoms with Crippen molar-refractivity contribution in [2.75, 3.05) is 5.32 Å². The van der Waals surface area contributed by atoms with Gasteiger partial charge in [0.1, 0.15) is 5.60 Å². The minimum atomic E-state index is -0.505. The Morgan fingerprint density at radius 2 is 2.12 bits per heavy atom. The molecule has 0 saturated carbocycles. The number of rotatable bonds is 2. The molecule has 0 radical (unpaired) electrons. The quantitative estimate of drug-likeness (QED) is 0.854. The molecule has 0 aliphatic rings. The van der Waals surface area contributed by atoms with Crippen LogP contribution in [0.2, 0.25) is 0 Å². The minimum Gasteiger partial charge on any atom is -0.444 e. The Morgan fingerprint density at radius 1 is 1.47 bits per heavy atom. The highest BCUT2D eigenvalue weighted by molar-refractivity contribution is 5.85. The largest absolute Gasteiger partial charge is 0.444 e. The number of nitrogens with zero attached hydrogens (tertiary/aromatic N) is 1. The van der Waals surface area contributed by atoms with Gasteiger partial charge in [-0.2, -0.15) is 0 Å². The van der Waals surface area contributed by atoms with Crippen LogP contribution in [0.5, 0.6) is 0 Å². The normalized spacial score (nSPS) is 10.4. The van der Waals surface area contributed by atoms with E-state index in [1.165, 1.54) is 0 Å². The molecule has 0 aromatic carbocycles. The number of pyridine rings is 1. The van der Waals surface area contributed by atoms with Gasteiger partial charge < -0.3 is 10.5 Å². The van der Waals surface area contributed by atoms with Gasteiger partial charge in [-0.3, -0.25) is 10.3 Å². The number of halogens is 1. The summed E-state index contributed by atoms with van der Waals surface area (Å²) in [7, 11) is 0. The molecule has 5 nitrogen and oxygen atoms in total. The van der Waals surface area contributed by atoms with E-state index in [-0.39, 0.29) is 12.4 Å². The van der Waals surface area contributed by atoms with E-state index in [1.54, 1.807) is 18.3 Å². The van der Waals surface area contributed by atoms with Gasteiger partial charge in [-0.15, -0.1) is 12.4 Å². The summed E-state index contributed by atoms with van der Waals surface area (Å²) < 4.78 is 5.10. The molecule has 0 unspecified atom stereocenters. The number of hydrogen-bond donors (Lipinski definition) is 2. The smallest absolute Gasteiger partial charge is 0.412 e. The first-order valence-corrected chi connectivity index (χ1v) is 5.06. The van der Waals surface area contributed by atoms with Crippen LogP contribution in [-0.2, 0) is 11.3 Å². The number of carbonyl (C=O) groups is 1. The molecule has 1 rings (SSSR count). The number of amides is 1. The first-order valence-electron chi connectivity index (χ1n) is 5.06. The third kappa shape index (κ3) is 6.09. The molecule has 17 heavy (non-hydrogen) atoms. The Kier molecular flexibility index (Phi) is 5.91. The Balaban J connectivity index is 0.00000256. The fourth-order valence-electron chi connectivity index (χ4n) is 1.04. The van der Waals surface area contributed by atoms with Gasteiger partial charge in [0.25, 0.3) is 0 Å². The molecule has 1 amide bonds. The highest BCUT2D eigenvalue weighted by Gasteiger charge is 2.16. The summed E-state index contributed by atoms with van der Waals surface area (Å²) in [5, 5.41) is 2.59. The Hall–Kier alpha value is -1.33. The standard InChI is InChI=1S/C11H17N3O2.ClH/c1-11(2,3)16-10(15)14-9-5-4-8(6-12)13-7-9;/h4-5,7H,6,12H2,1-3H3,(H,14,15);1H. The Morgan fingerprint density at radius 3 is 2.53 bits per heavy atom. The van der Waals surface area contributed by atoms with Gasteiger partial charge >= 0.3 is 6.09 Å². The fraction of sp³-hybridized carbons (Fsp3) is 0.455. The Bertz CT molecular complexity index is 360. The second kappa shape index (κ2) is 6.42. The minimum absolute atomic E-state index is 0. The SMILES string of the molecule is CC(C)(C)OC(=O)Nc1ccc(CN)nc1.Cl. The predicted molar refractivity (Wildman–Crippen MR) is 69.2 cm³/mol. The third-order valence-electron chi connectivity index (χ3n) is 1.68. The van der Waals surface area contributed by atoms with E-state index >= 15 is 0 Å². The lowest BCUT2D eigenvalue weighted by atomic mass is 10.2. The summed E-state index contributed by atoms with van der Waals surface area (Å²) in [6, 6.07) is 3.49. The van der Waals surface area contributed by atoms with E-state index < -0.39 is 11.7 Å². The van der Waals surface area contributed by atoms with Gasteiger partial charge in [0.2, 0.25) is 0 Å². The van der Waals surface area contributed by atoms with Crippen molar-refractivity contribution < 1.29 is 9.53 Å². The molecular formula is C11H18ClN3O2. The van der Waals surface area contributed by atoms with Crippen LogP contribution in [0.25, 0.3) is 0 Å². The highest BCUT2D eigenvalue weighted by Crippen LogP contribution is 2.11. The second-order valence-electron chi connectivity index (χ2n) is 4.37. The Labute approximate surface area is 107 Å². The van der Waals surface area contributed by atoms with Crippen LogP contribution < -0.4 is 11.1 Å². The molecule has 0 spiro atoms. The van der Waals surface area contributed by atoms with Gasteiger partial charge in [-0.1, -0.05) is 0 Å². The zero-order valence-corrected chi connectivity index (χ0v) is 11.0. The molecule has 96 valence electrons. The molecule has 0 bridgehead atoms. The maximum Gasteiger partial charge on any atom is 0.412 e. The number of nitrogens with two attached hydrogens (primary N) is 1. The number of anilines is 1. The molecule has 0 atom stereocenters. The number of nitrogens with one attached hydrogen (secondary N) is 1. The van der Waals surface area contributed by atoms with E-state index in [0.29, 0.717) is 12.2 Å². The average molecular weight is 260 g/mol. The summed E-state index contributed by atoms with van der Waals surface area (Å²) in [5.41, 5.74) is 6.27. The maximum atomic E-state index is 11.4. The van der Waals surface area contributed by atoms with Gasteiger partial charge in [0.15, 0.2) is 0 Å². The van der Waals surface area contributed by atoms with E-state index in [2.05, 4.69) is 10.3 Å². The monoisotopic (exact) mass is 259 g/mol.